The Morgan fingerprint density at radius 3 is 2.55 bits per heavy atom. The van der Waals surface area contributed by atoms with Gasteiger partial charge in [0.05, 0.1) is 25.4 Å². The zero-order valence-corrected chi connectivity index (χ0v) is 18.4. The van der Waals surface area contributed by atoms with Crippen LogP contribution < -0.4 is 0 Å². The number of hydrogen-bond acceptors (Lipinski definition) is 6. The Morgan fingerprint density at radius 1 is 1.23 bits per heavy atom. The van der Waals surface area contributed by atoms with Crippen LogP contribution in [0.5, 0.6) is 0 Å². The lowest BCUT2D eigenvalue weighted by molar-refractivity contribution is -0.192. The zero-order chi connectivity index (χ0) is 22.4. The van der Waals surface area contributed by atoms with E-state index in [4.69, 9.17) is 24.1 Å². The number of morpholine rings is 1. The van der Waals surface area contributed by atoms with Crippen LogP contribution in [0.2, 0.25) is 0 Å². The molecule has 0 radical (unpaired) electrons. The van der Waals surface area contributed by atoms with Gasteiger partial charge in [0.15, 0.2) is 0 Å². The SMILES string of the molecule is Cc1ccc(CN2CCO[C@H]3[C@H](OCC4CCOCC4)CC[C@@H]32)s1.O=C(O)C(F)(F)F. The Balaban J connectivity index is 0.000000339. The molecule has 3 fully saturated rings. The number of hydrogen-bond donors (Lipinski definition) is 1. The second kappa shape index (κ2) is 11.1. The summed E-state index contributed by atoms with van der Waals surface area (Å²) in [6.07, 6.45) is 0.0913. The average molecular weight is 466 g/mol. The first-order chi connectivity index (χ1) is 14.7. The van der Waals surface area contributed by atoms with Crippen molar-refractivity contribution < 1.29 is 37.3 Å². The summed E-state index contributed by atoms with van der Waals surface area (Å²) in [5.74, 6) is -2.08. The lowest BCUT2D eigenvalue weighted by atomic mass is 10.0. The van der Waals surface area contributed by atoms with E-state index in [-0.39, 0.29) is 12.2 Å². The standard InChI is InChI=1S/C19H29NO3S.C2HF3O2/c1-14-2-3-16(24-14)12-20-8-11-22-19-17(20)4-5-18(19)23-13-15-6-9-21-10-7-15;3-2(4,5)1(6)7/h2-3,15,17-19H,4-13H2,1H3;(H,6,7)/t17-,18+,19+;/m0./s1. The molecule has 2 aliphatic heterocycles. The number of carboxylic acids is 1. The lowest BCUT2D eigenvalue weighted by Crippen LogP contribution is -2.51. The third-order valence-electron chi connectivity index (χ3n) is 5.93. The van der Waals surface area contributed by atoms with Gasteiger partial charge in [0, 0.05) is 42.1 Å². The van der Waals surface area contributed by atoms with Crippen molar-refractivity contribution in [3.8, 4) is 0 Å². The van der Waals surface area contributed by atoms with Gasteiger partial charge in [0.25, 0.3) is 0 Å². The van der Waals surface area contributed by atoms with E-state index < -0.39 is 12.1 Å². The fourth-order valence-corrected chi connectivity index (χ4v) is 5.23. The van der Waals surface area contributed by atoms with Gasteiger partial charge in [0.1, 0.15) is 0 Å². The molecule has 4 rings (SSSR count). The van der Waals surface area contributed by atoms with E-state index >= 15 is 0 Å². The molecule has 1 aromatic heterocycles. The van der Waals surface area contributed by atoms with Gasteiger partial charge in [-0.2, -0.15) is 13.2 Å². The van der Waals surface area contributed by atoms with Crippen LogP contribution in [0.4, 0.5) is 13.2 Å². The van der Waals surface area contributed by atoms with Gasteiger partial charge in [-0.25, -0.2) is 4.79 Å². The molecule has 0 amide bonds. The Bertz CT molecular complexity index is 707. The summed E-state index contributed by atoms with van der Waals surface area (Å²) >= 11 is 1.92. The molecule has 1 aliphatic carbocycles. The Hall–Kier alpha value is -1.20. The highest BCUT2D eigenvalue weighted by Gasteiger charge is 2.43. The van der Waals surface area contributed by atoms with E-state index in [1.54, 1.807) is 0 Å². The van der Waals surface area contributed by atoms with Crippen LogP contribution in [0.1, 0.15) is 35.4 Å². The van der Waals surface area contributed by atoms with Crippen LogP contribution in [0.3, 0.4) is 0 Å². The van der Waals surface area contributed by atoms with Gasteiger partial charge < -0.3 is 19.3 Å². The number of alkyl halides is 3. The number of rotatable bonds is 5. The highest BCUT2D eigenvalue weighted by molar-refractivity contribution is 7.11. The number of carbonyl (C=O) groups is 1. The van der Waals surface area contributed by atoms with Crippen LogP contribution >= 0.6 is 11.3 Å². The van der Waals surface area contributed by atoms with Crippen LogP contribution in [0.25, 0.3) is 0 Å². The highest BCUT2D eigenvalue weighted by Crippen LogP contribution is 2.34. The minimum Gasteiger partial charge on any atom is -0.475 e. The predicted molar refractivity (Wildman–Crippen MR) is 109 cm³/mol. The van der Waals surface area contributed by atoms with Crippen molar-refractivity contribution >= 4 is 17.3 Å². The summed E-state index contributed by atoms with van der Waals surface area (Å²) < 4.78 is 49.6. The maximum Gasteiger partial charge on any atom is 0.490 e. The van der Waals surface area contributed by atoms with Gasteiger partial charge in [-0.05, 0) is 50.7 Å². The van der Waals surface area contributed by atoms with Crippen molar-refractivity contribution in [3.05, 3.63) is 21.9 Å². The molecule has 3 atom stereocenters. The Labute approximate surface area is 184 Å². The summed E-state index contributed by atoms with van der Waals surface area (Å²) in [6, 6.07) is 5.03. The highest BCUT2D eigenvalue weighted by atomic mass is 32.1. The van der Waals surface area contributed by atoms with Crippen molar-refractivity contribution in [3.63, 3.8) is 0 Å². The summed E-state index contributed by atoms with van der Waals surface area (Å²) in [4.78, 5) is 14.4. The number of halogens is 3. The van der Waals surface area contributed by atoms with Crippen molar-refractivity contribution in [2.45, 2.75) is 63.6 Å². The number of aliphatic carboxylic acids is 1. The molecule has 0 unspecified atom stereocenters. The maximum absolute atomic E-state index is 10.6. The second-order valence-corrected chi connectivity index (χ2v) is 9.57. The van der Waals surface area contributed by atoms with Crippen molar-refractivity contribution in [1.82, 2.24) is 4.90 Å². The lowest BCUT2D eigenvalue weighted by Gasteiger charge is -2.39. The monoisotopic (exact) mass is 465 g/mol. The minimum absolute atomic E-state index is 0.264. The molecule has 1 aromatic rings. The van der Waals surface area contributed by atoms with Crippen LogP contribution in [0, 0.1) is 12.8 Å². The smallest absolute Gasteiger partial charge is 0.475 e. The molecule has 6 nitrogen and oxygen atoms in total. The maximum atomic E-state index is 10.6. The molecule has 3 aliphatic rings. The number of ether oxygens (including phenoxy) is 3. The molecule has 31 heavy (non-hydrogen) atoms. The molecule has 2 saturated heterocycles. The minimum atomic E-state index is -5.08. The number of thiophene rings is 1. The molecule has 3 heterocycles. The third-order valence-corrected chi connectivity index (χ3v) is 6.92. The number of carboxylic acid groups (broad SMARTS) is 1. The zero-order valence-electron chi connectivity index (χ0n) is 17.6. The quantitative estimate of drug-likeness (QED) is 0.712. The molecular weight excluding hydrogens is 435 g/mol. The third kappa shape index (κ3) is 7.15. The molecule has 0 spiro atoms. The van der Waals surface area contributed by atoms with E-state index in [1.807, 2.05) is 11.3 Å². The largest absolute Gasteiger partial charge is 0.490 e. The van der Waals surface area contributed by atoms with E-state index in [1.165, 1.54) is 16.2 Å². The fraction of sp³-hybridized carbons (Fsp3) is 0.762. The number of fused-ring (bicyclic) bond motifs is 1. The number of aryl methyl sites for hydroxylation is 1. The molecule has 1 saturated carbocycles. The molecule has 0 bridgehead atoms. The molecule has 1 N–H and O–H groups in total. The first-order valence-corrected chi connectivity index (χ1v) is 11.5. The van der Waals surface area contributed by atoms with E-state index in [0.717, 1.165) is 58.8 Å². The van der Waals surface area contributed by atoms with Gasteiger partial charge in [-0.1, -0.05) is 0 Å². The second-order valence-electron chi connectivity index (χ2n) is 8.19. The summed E-state index contributed by atoms with van der Waals surface area (Å²) in [6.45, 7) is 7.81. The molecule has 10 heteroatoms. The van der Waals surface area contributed by atoms with Crippen molar-refractivity contribution in [2.75, 3.05) is 33.0 Å². The molecule has 0 aromatic carbocycles. The van der Waals surface area contributed by atoms with Crippen LogP contribution in [-0.2, 0) is 25.5 Å². The topological polar surface area (TPSA) is 68.2 Å². The first-order valence-electron chi connectivity index (χ1n) is 10.6. The predicted octanol–water partition coefficient (Wildman–Crippen LogP) is 3.86. The summed E-state index contributed by atoms with van der Waals surface area (Å²) in [5.41, 5.74) is 0. The van der Waals surface area contributed by atoms with Crippen molar-refractivity contribution in [1.29, 1.82) is 0 Å². The number of nitrogens with zero attached hydrogens (tertiary/aromatic N) is 1. The van der Waals surface area contributed by atoms with Gasteiger partial charge in [-0.3, -0.25) is 4.90 Å². The average Bonchev–Trinajstić information content (AvgIpc) is 3.33. The van der Waals surface area contributed by atoms with E-state index in [9.17, 15) is 13.2 Å². The van der Waals surface area contributed by atoms with E-state index in [2.05, 4.69) is 24.0 Å². The normalized spacial score (nSPS) is 27.4. The van der Waals surface area contributed by atoms with Gasteiger partial charge in [0.2, 0.25) is 0 Å². The first kappa shape index (κ1) is 24.4. The van der Waals surface area contributed by atoms with Crippen LogP contribution in [0.15, 0.2) is 12.1 Å². The van der Waals surface area contributed by atoms with Crippen LogP contribution in [-0.4, -0.2) is 73.4 Å². The van der Waals surface area contributed by atoms with Gasteiger partial charge >= 0.3 is 12.1 Å². The fourth-order valence-electron chi connectivity index (χ4n) is 4.31. The van der Waals surface area contributed by atoms with Gasteiger partial charge in [-0.15, -0.1) is 11.3 Å². The van der Waals surface area contributed by atoms with Crippen molar-refractivity contribution in [2.24, 2.45) is 5.92 Å². The molecular formula is C21H30F3NO5S. The summed E-state index contributed by atoms with van der Waals surface area (Å²) in [7, 11) is 0. The summed E-state index contributed by atoms with van der Waals surface area (Å²) in [5, 5.41) is 7.12. The Kier molecular flexibility index (Phi) is 8.74. The molecule has 176 valence electrons. The Morgan fingerprint density at radius 2 is 1.94 bits per heavy atom. The van der Waals surface area contributed by atoms with E-state index in [0.29, 0.717) is 12.0 Å².